The summed E-state index contributed by atoms with van der Waals surface area (Å²) in [6, 6.07) is 3.05. The molecular weight excluding hydrogens is 386 g/mol. The van der Waals surface area contributed by atoms with Crippen LogP contribution in [-0.4, -0.2) is 46.4 Å². The molecule has 1 aromatic rings. The first-order chi connectivity index (χ1) is 14.4. The first-order valence-corrected chi connectivity index (χ1v) is 10.7. The van der Waals surface area contributed by atoms with E-state index in [1.807, 2.05) is 0 Å². The van der Waals surface area contributed by atoms with Crippen LogP contribution in [0.2, 0.25) is 0 Å². The Hall–Kier alpha value is -2.44. The quantitative estimate of drug-likeness (QED) is 0.654. The third kappa shape index (κ3) is 4.07. The van der Waals surface area contributed by atoms with Gasteiger partial charge in [0, 0.05) is 18.7 Å². The van der Waals surface area contributed by atoms with Gasteiger partial charge >= 0.3 is 5.97 Å². The van der Waals surface area contributed by atoms with Crippen LogP contribution in [0, 0.1) is 23.2 Å². The van der Waals surface area contributed by atoms with Gasteiger partial charge in [0.05, 0.1) is 21.3 Å². The van der Waals surface area contributed by atoms with Crippen LogP contribution in [0.25, 0.3) is 0 Å². The highest BCUT2D eigenvalue weighted by Crippen LogP contribution is 2.59. The van der Waals surface area contributed by atoms with E-state index in [0.717, 1.165) is 17.8 Å². The number of hydrogen-bond acceptors (Lipinski definition) is 6. The summed E-state index contributed by atoms with van der Waals surface area (Å²) in [6.45, 7) is 0.370. The van der Waals surface area contributed by atoms with Crippen LogP contribution in [0.5, 0.6) is 17.2 Å². The second-order valence-electron chi connectivity index (χ2n) is 9.18. The zero-order valence-electron chi connectivity index (χ0n) is 18.0. The maximum atomic E-state index is 12.5. The van der Waals surface area contributed by atoms with Crippen LogP contribution < -0.4 is 19.5 Å². The minimum Gasteiger partial charge on any atom is -0.496 e. The molecule has 0 radical (unpaired) electrons. The molecule has 0 saturated heterocycles. The van der Waals surface area contributed by atoms with Crippen LogP contribution >= 0.6 is 0 Å². The fourth-order valence-corrected chi connectivity index (χ4v) is 6.24. The molecule has 7 nitrogen and oxygen atoms in total. The van der Waals surface area contributed by atoms with E-state index in [1.165, 1.54) is 65.9 Å². The molecule has 0 heterocycles. The van der Waals surface area contributed by atoms with Gasteiger partial charge in [-0.1, -0.05) is 0 Å². The molecule has 4 bridgehead atoms. The zero-order valence-corrected chi connectivity index (χ0v) is 18.0. The van der Waals surface area contributed by atoms with Gasteiger partial charge in [-0.3, -0.25) is 4.79 Å². The Morgan fingerprint density at radius 1 is 0.900 bits per heavy atom. The molecule has 30 heavy (non-hydrogen) atoms. The Kier molecular flexibility index (Phi) is 5.80. The molecule has 0 aliphatic heterocycles. The van der Waals surface area contributed by atoms with E-state index in [4.69, 9.17) is 18.9 Å². The lowest BCUT2D eigenvalue weighted by atomic mass is 9.49. The minimum atomic E-state index is -0.641. The third-order valence-corrected chi connectivity index (χ3v) is 7.09. The van der Waals surface area contributed by atoms with Gasteiger partial charge in [0.15, 0.2) is 18.1 Å². The molecule has 4 aliphatic rings. The highest BCUT2D eigenvalue weighted by atomic mass is 16.5. The number of methoxy groups -OCH3 is 3. The van der Waals surface area contributed by atoms with E-state index in [1.54, 1.807) is 6.07 Å². The van der Waals surface area contributed by atoms with Crippen molar-refractivity contribution < 1.29 is 28.5 Å². The molecule has 1 amide bonds. The first-order valence-electron chi connectivity index (χ1n) is 10.7. The number of carbonyl (C=O) groups excluding carboxylic acids is 2. The van der Waals surface area contributed by atoms with Crippen molar-refractivity contribution in [2.75, 3.05) is 34.5 Å². The van der Waals surface area contributed by atoms with Gasteiger partial charge in [-0.25, -0.2) is 4.79 Å². The number of amides is 1. The van der Waals surface area contributed by atoms with Gasteiger partial charge in [-0.2, -0.15) is 0 Å². The molecule has 0 aromatic heterocycles. The van der Waals surface area contributed by atoms with E-state index in [0.29, 0.717) is 23.8 Å². The molecule has 7 heteroatoms. The van der Waals surface area contributed by atoms with Crippen LogP contribution in [0.1, 0.15) is 48.9 Å². The van der Waals surface area contributed by atoms with Gasteiger partial charge in [0.2, 0.25) is 0 Å². The number of hydrogen-bond donors (Lipinski definition) is 1. The molecule has 0 unspecified atom stereocenters. The Balaban J connectivity index is 1.32. The smallest absolute Gasteiger partial charge is 0.342 e. The van der Waals surface area contributed by atoms with Gasteiger partial charge in [-0.15, -0.1) is 0 Å². The van der Waals surface area contributed by atoms with Crippen molar-refractivity contribution in [2.45, 2.75) is 38.5 Å². The summed E-state index contributed by atoms with van der Waals surface area (Å²) in [5.74, 6) is 2.73. The molecule has 5 rings (SSSR count). The van der Waals surface area contributed by atoms with Gasteiger partial charge in [0.25, 0.3) is 5.91 Å². The van der Waals surface area contributed by atoms with Crippen molar-refractivity contribution in [3.63, 3.8) is 0 Å². The summed E-state index contributed by atoms with van der Waals surface area (Å²) in [5, 5.41) is 3.02. The van der Waals surface area contributed by atoms with Crippen molar-refractivity contribution in [1.29, 1.82) is 0 Å². The number of carbonyl (C=O) groups is 2. The topological polar surface area (TPSA) is 83.1 Å². The van der Waals surface area contributed by atoms with Crippen molar-refractivity contribution >= 4 is 11.9 Å². The minimum absolute atomic E-state index is 0.184. The van der Waals surface area contributed by atoms with Crippen LogP contribution in [-0.2, 0) is 9.53 Å². The van der Waals surface area contributed by atoms with Crippen LogP contribution in [0.3, 0.4) is 0 Å². The second kappa shape index (κ2) is 8.36. The average molecular weight is 418 g/mol. The Morgan fingerprint density at radius 3 is 1.97 bits per heavy atom. The predicted molar refractivity (Wildman–Crippen MR) is 110 cm³/mol. The SMILES string of the molecule is COc1cc(OC)c(C(=O)OCC(=O)NCC23CC4CC(CC(C4)C2)C3)cc1OC. The molecule has 1 aromatic carbocycles. The van der Waals surface area contributed by atoms with Crippen LogP contribution in [0.15, 0.2) is 12.1 Å². The van der Waals surface area contributed by atoms with E-state index in [9.17, 15) is 9.59 Å². The molecular formula is C23H31NO6. The van der Waals surface area contributed by atoms with Gasteiger partial charge < -0.3 is 24.3 Å². The lowest BCUT2D eigenvalue weighted by molar-refractivity contribution is -0.126. The standard InChI is InChI=1S/C23H31NO6/c1-27-18-8-20(29-3)19(28-2)7-17(18)22(26)30-12-21(25)24-13-23-9-14-4-15(10-23)6-16(5-14)11-23/h7-8,14-16H,4-6,9-13H2,1-3H3,(H,24,25). The van der Waals surface area contributed by atoms with Crippen molar-refractivity contribution in [2.24, 2.45) is 23.2 Å². The average Bonchev–Trinajstić information content (AvgIpc) is 2.74. The maximum Gasteiger partial charge on any atom is 0.342 e. The van der Waals surface area contributed by atoms with E-state index < -0.39 is 5.97 Å². The summed E-state index contributed by atoms with van der Waals surface area (Å²) in [7, 11) is 4.44. The molecule has 1 N–H and O–H groups in total. The highest BCUT2D eigenvalue weighted by Gasteiger charge is 2.50. The van der Waals surface area contributed by atoms with E-state index >= 15 is 0 Å². The van der Waals surface area contributed by atoms with Gasteiger partial charge in [0.1, 0.15) is 11.3 Å². The highest BCUT2D eigenvalue weighted by molar-refractivity contribution is 5.95. The number of benzene rings is 1. The van der Waals surface area contributed by atoms with Crippen molar-refractivity contribution in [1.82, 2.24) is 5.32 Å². The lowest BCUT2D eigenvalue weighted by Gasteiger charge is -2.56. The summed E-state index contributed by atoms with van der Waals surface area (Å²) in [5.41, 5.74) is 0.435. The molecule has 4 saturated carbocycles. The lowest BCUT2D eigenvalue weighted by Crippen LogP contribution is -2.51. The van der Waals surface area contributed by atoms with Crippen LogP contribution in [0.4, 0.5) is 0 Å². The number of rotatable bonds is 8. The predicted octanol–water partition coefficient (Wildman–Crippen LogP) is 3.20. The molecule has 0 spiro atoms. The number of nitrogens with one attached hydrogen (secondary N) is 1. The summed E-state index contributed by atoms with van der Waals surface area (Å²) >= 11 is 0. The third-order valence-electron chi connectivity index (χ3n) is 7.09. The Bertz CT molecular complexity index is 785. The number of esters is 1. The second-order valence-corrected chi connectivity index (χ2v) is 9.18. The van der Waals surface area contributed by atoms with Crippen molar-refractivity contribution in [3.8, 4) is 17.2 Å². The zero-order chi connectivity index (χ0) is 21.3. The first kappa shape index (κ1) is 20.8. The van der Waals surface area contributed by atoms with Gasteiger partial charge in [-0.05, 0) is 61.7 Å². The normalized spacial score (nSPS) is 28.7. The molecule has 4 fully saturated rings. The largest absolute Gasteiger partial charge is 0.496 e. The van der Waals surface area contributed by atoms with E-state index in [2.05, 4.69) is 5.32 Å². The van der Waals surface area contributed by atoms with Crippen molar-refractivity contribution in [3.05, 3.63) is 17.7 Å². The summed E-state index contributed by atoms with van der Waals surface area (Å²) < 4.78 is 21.0. The summed E-state index contributed by atoms with van der Waals surface area (Å²) in [4.78, 5) is 24.9. The Labute approximate surface area is 177 Å². The monoisotopic (exact) mass is 417 g/mol. The molecule has 164 valence electrons. The summed E-state index contributed by atoms with van der Waals surface area (Å²) in [6.07, 6.45) is 7.79. The Morgan fingerprint density at radius 2 is 1.43 bits per heavy atom. The molecule has 4 aliphatic carbocycles. The number of ether oxygens (including phenoxy) is 4. The van der Waals surface area contributed by atoms with E-state index in [-0.39, 0.29) is 23.5 Å². The molecule has 0 atom stereocenters. The maximum absolute atomic E-state index is 12.5. The fraction of sp³-hybridized carbons (Fsp3) is 0.652. The fourth-order valence-electron chi connectivity index (χ4n) is 6.24.